The van der Waals surface area contributed by atoms with Gasteiger partial charge in [-0.05, 0) is 41.6 Å². The number of halogens is 1. The first-order valence-electron chi connectivity index (χ1n) is 7.09. The van der Waals surface area contributed by atoms with Gasteiger partial charge in [0.15, 0.2) is 0 Å². The lowest BCUT2D eigenvalue weighted by atomic mass is 10.1. The van der Waals surface area contributed by atoms with Crippen LogP contribution in [0.3, 0.4) is 0 Å². The van der Waals surface area contributed by atoms with Gasteiger partial charge in [0.1, 0.15) is 0 Å². The van der Waals surface area contributed by atoms with E-state index >= 15 is 0 Å². The smallest absolute Gasteiger partial charge is 0.0482 e. The zero-order valence-corrected chi connectivity index (χ0v) is 13.2. The van der Waals surface area contributed by atoms with E-state index in [9.17, 15) is 0 Å². The average molecular weight is 328 g/mol. The predicted octanol–water partition coefficient (Wildman–Crippen LogP) is 5.40. The van der Waals surface area contributed by atoms with Gasteiger partial charge in [0.05, 0.1) is 0 Å². The van der Waals surface area contributed by atoms with E-state index in [0.29, 0.717) is 0 Å². The monoisotopic (exact) mass is 327 g/mol. The van der Waals surface area contributed by atoms with E-state index in [1.165, 1.54) is 22.2 Å². The average Bonchev–Trinajstić information content (AvgIpc) is 2.80. The summed E-state index contributed by atoms with van der Waals surface area (Å²) in [6, 6.07) is 19.6. The van der Waals surface area contributed by atoms with Crippen LogP contribution in [0.25, 0.3) is 10.9 Å². The summed E-state index contributed by atoms with van der Waals surface area (Å²) in [5.41, 5.74) is 4.10. The van der Waals surface area contributed by atoms with Crippen molar-refractivity contribution in [1.29, 1.82) is 0 Å². The molecule has 0 bridgehead atoms. The van der Waals surface area contributed by atoms with E-state index in [0.717, 1.165) is 23.9 Å². The lowest BCUT2D eigenvalue weighted by Gasteiger charge is -2.09. The molecule has 0 aliphatic heterocycles. The molecule has 0 aliphatic carbocycles. The number of hydrogen-bond donors (Lipinski definition) is 0. The summed E-state index contributed by atoms with van der Waals surface area (Å²) in [5.74, 6) is 0. The van der Waals surface area contributed by atoms with Crippen LogP contribution in [0.5, 0.6) is 0 Å². The first-order valence-corrected chi connectivity index (χ1v) is 7.89. The van der Waals surface area contributed by atoms with Crippen molar-refractivity contribution in [3.8, 4) is 0 Å². The standard InChI is InChI=1S/C18H18BrN/c1-2-11-20-17(12-14-7-9-16(19)10-8-14)13-15-5-3-4-6-18(15)20/h3-10,13H,2,11-12H2,1H3. The number of aromatic nitrogens is 1. The number of nitrogens with zero attached hydrogens (tertiary/aromatic N) is 1. The van der Waals surface area contributed by atoms with Gasteiger partial charge in [0.2, 0.25) is 0 Å². The fourth-order valence-corrected chi connectivity index (χ4v) is 2.98. The van der Waals surface area contributed by atoms with Gasteiger partial charge in [-0.2, -0.15) is 0 Å². The summed E-state index contributed by atoms with van der Waals surface area (Å²) in [5, 5.41) is 1.34. The van der Waals surface area contributed by atoms with Gasteiger partial charge in [0, 0.05) is 28.6 Å². The van der Waals surface area contributed by atoms with Crippen LogP contribution in [0.4, 0.5) is 0 Å². The quantitative estimate of drug-likeness (QED) is 0.604. The van der Waals surface area contributed by atoms with Crippen LogP contribution >= 0.6 is 15.9 Å². The second kappa shape index (κ2) is 5.84. The normalized spacial score (nSPS) is 11.1. The lowest BCUT2D eigenvalue weighted by molar-refractivity contribution is 0.676. The first-order chi connectivity index (χ1) is 9.78. The molecule has 0 N–H and O–H groups in total. The first kappa shape index (κ1) is 13.4. The summed E-state index contributed by atoms with van der Waals surface area (Å²) < 4.78 is 3.59. The molecule has 0 fully saturated rings. The maximum Gasteiger partial charge on any atom is 0.0482 e. The number of rotatable bonds is 4. The van der Waals surface area contributed by atoms with Crippen molar-refractivity contribution in [3.63, 3.8) is 0 Å². The summed E-state index contributed by atoms with van der Waals surface area (Å²) in [6.07, 6.45) is 2.15. The highest BCUT2D eigenvalue weighted by Gasteiger charge is 2.08. The molecule has 1 heterocycles. The van der Waals surface area contributed by atoms with Gasteiger partial charge in [-0.25, -0.2) is 0 Å². The van der Waals surface area contributed by atoms with Crippen LogP contribution in [-0.2, 0) is 13.0 Å². The third-order valence-corrected chi connectivity index (χ3v) is 4.17. The van der Waals surface area contributed by atoms with Crippen molar-refractivity contribution in [2.45, 2.75) is 26.3 Å². The van der Waals surface area contributed by atoms with Gasteiger partial charge >= 0.3 is 0 Å². The van der Waals surface area contributed by atoms with Crippen molar-refractivity contribution in [2.24, 2.45) is 0 Å². The second-order valence-corrected chi connectivity index (χ2v) is 6.07. The van der Waals surface area contributed by atoms with Gasteiger partial charge in [0.25, 0.3) is 0 Å². The van der Waals surface area contributed by atoms with Crippen LogP contribution in [0.1, 0.15) is 24.6 Å². The van der Waals surface area contributed by atoms with E-state index in [1.807, 2.05) is 0 Å². The third kappa shape index (κ3) is 2.66. The highest BCUT2D eigenvalue weighted by molar-refractivity contribution is 9.10. The molecule has 1 nitrogen and oxygen atoms in total. The maximum absolute atomic E-state index is 3.49. The molecule has 3 aromatic rings. The van der Waals surface area contributed by atoms with E-state index in [-0.39, 0.29) is 0 Å². The zero-order valence-electron chi connectivity index (χ0n) is 11.6. The fourth-order valence-electron chi connectivity index (χ4n) is 2.71. The Labute approximate surface area is 128 Å². The van der Waals surface area contributed by atoms with Crippen LogP contribution in [0, 0.1) is 0 Å². The molecule has 102 valence electrons. The SMILES string of the molecule is CCCn1c(Cc2ccc(Br)cc2)cc2ccccc21. The Bertz CT molecular complexity index is 710. The van der Waals surface area contributed by atoms with Gasteiger partial charge in [-0.1, -0.05) is 53.2 Å². The highest BCUT2D eigenvalue weighted by Crippen LogP contribution is 2.23. The van der Waals surface area contributed by atoms with E-state index in [4.69, 9.17) is 0 Å². The van der Waals surface area contributed by atoms with Crippen LogP contribution in [-0.4, -0.2) is 4.57 Å². The van der Waals surface area contributed by atoms with E-state index in [2.05, 4.69) is 82.0 Å². The van der Waals surface area contributed by atoms with Crippen molar-refractivity contribution in [3.05, 3.63) is 70.3 Å². The van der Waals surface area contributed by atoms with E-state index in [1.54, 1.807) is 0 Å². The molecule has 0 atom stereocenters. The number of benzene rings is 2. The summed E-state index contributed by atoms with van der Waals surface area (Å²) >= 11 is 3.49. The zero-order chi connectivity index (χ0) is 13.9. The molecule has 2 heteroatoms. The molecular weight excluding hydrogens is 310 g/mol. The highest BCUT2D eigenvalue weighted by atomic mass is 79.9. The van der Waals surface area contributed by atoms with Crippen molar-refractivity contribution in [1.82, 2.24) is 4.57 Å². The van der Waals surface area contributed by atoms with Crippen molar-refractivity contribution in [2.75, 3.05) is 0 Å². The van der Waals surface area contributed by atoms with Crippen LogP contribution < -0.4 is 0 Å². The number of fused-ring (bicyclic) bond motifs is 1. The molecule has 0 radical (unpaired) electrons. The Balaban J connectivity index is 2.01. The molecule has 0 unspecified atom stereocenters. The van der Waals surface area contributed by atoms with Crippen LogP contribution in [0.2, 0.25) is 0 Å². The van der Waals surface area contributed by atoms with Crippen LogP contribution in [0.15, 0.2) is 59.1 Å². The second-order valence-electron chi connectivity index (χ2n) is 5.15. The Hall–Kier alpha value is -1.54. The molecular formula is C18H18BrN. The third-order valence-electron chi connectivity index (χ3n) is 3.64. The molecule has 0 saturated heterocycles. The summed E-state index contributed by atoms with van der Waals surface area (Å²) in [4.78, 5) is 0. The van der Waals surface area contributed by atoms with Gasteiger partial charge in [-0.15, -0.1) is 0 Å². The minimum atomic E-state index is 0.988. The largest absolute Gasteiger partial charge is 0.344 e. The minimum Gasteiger partial charge on any atom is -0.344 e. The Kier molecular flexibility index (Phi) is 3.93. The molecule has 0 spiro atoms. The Morgan fingerprint density at radius 2 is 1.75 bits per heavy atom. The number of hydrogen-bond acceptors (Lipinski definition) is 0. The summed E-state index contributed by atoms with van der Waals surface area (Å²) in [6.45, 7) is 3.32. The van der Waals surface area contributed by atoms with Crippen molar-refractivity contribution >= 4 is 26.8 Å². The molecule has 1 aromatic heterocycles. The summed E-state index contributed by atoms with van der Waals surface area (Å²) in [7, 11) is 0. The Morgan fingerprint density at radius 1 is 1.00 bits per heavy atom. The predicted molar refractivity (Wildman–Crippen MR) is 89.2 cm³/mol. The molecule has 3 rings (SSSR count). The maximum atomic E-state index is 3.49. The number of aryl methyl sites for hydroxylation is 1. The van der Waals surface area contributed by atoms with Crippen molar-refractivity contribution < 1.29 is 0 Å². The fraction of sp³-hybridized carbons (Fsp3) is 0.222. The van der Waals surface area contributed by atoms with Gasteiger partial charge in [-0.3, -0.25) is 0 Å². The topological polar surface area (TPSA) is 4.93 Å². The molecule has 0 aliphatic rings. The molecule has 2 aromatic carbocycles. The van der Waals surface area contributed by atoms with Gasteiger partial charge < -0.3 is 4.57 Å². The molecule has 20 heavy (non-hydrogen) atoms. The molecule has 0 amide bonds. The van der Waals surface area contributed by atoms with E-state index < -0.39 is 0 Å². The molecule has 0 saturated carbocycles. The minimum absolute atomic E-state index is 0.988. The number of para-hydroxylation sites is 1. The lowest BCUT2D eigenvalue weighted by Crippen LogP contribution is -2.02. The Morgan fingerprint density at radius 3 is 2.50 bits per heavy atom.